The van der Waals surface area contributed by atoms with E-state index >= 15 is 0 Å². The van der Waals surface area contributed by atoms with Gasteiger partial charge in [-0.15, -0.1) is 5.10 Å². The number of benzene rings is 2. The standard InChI is InChI=1S/C23H24ClN7O4/c1-31-23(27-17-5-4-16-15(21(17)24)10-25-29-16)28-22(30-31)13-3-6-18(19(9-13)33-2)35-12-20(32)26-14-7-8-34-11-14/h3-6,9-10,14H,7-8,11-12H2,1-2H3,(H,25,29)(H,26,32)(H,27,28,30)/t14-/m1/s1. The van der Waals surface area contributed by atoms with Crippen LogP contribution in [-0.4, -0.2) is 63.8 Å². The lowest BCUT2D eigenvalue weighted by Crippen LogP contribution is -2.38. The molecule has 0 unspecified atom stereocenters. The van der Waals surface area contributed by atoms with Crippen LogP contribution in [-0.2, 0) is 16.6 Å². The van der Waals surface area contributed by atoms with Crippen molar-refractivity contribution in [2.75, 3.05) is 32.2 Å². The molecule has 11 nitrogen and oxygen atoms in total. The van der Waals surface area contributed by atoms with Crippen molar-refractivity contribution in [1.29, 1.82) is 0 Å². The van der Waals surface area contributed by atoms with Crippen molar-refractivity contribution in [2.24, 2.45) is 7.05 Å². The highest BCUT2D eigenvalue weighted by atomic mass is 35.5. The van der Waals surface area contributed by atoms with Gasteiger partial charge in [-0.2, -0.15) is 10.1 Å². The minimum Gasteiger partial charge on any atom is -0.493 e. The highest BCUT2D eigenvalue weighted by molar-refractivity contribution is 6.38. The Labute approximate surface area is 205 Å². The summed E-state index contributed by atoms with van der Waals surface area (Å²) in [6.45, 7) is 1.07. The summed E-state index contributed by atoms with van der Waals surface area (Å²) in [7, 11) is 3.32. The molecule has 2 aromatic heterocycles. The molecular weight excluding hydrogens is 474 g/mol. The van der Waals surface area contributed by atoms with Gasteiger partial charge in [0.1, 0.15) is 0 Å². The van der Waals surface area contributed by atoms with Crippen LogP contribution in [0.1, 0.15) is 6.42 Å². The molecule has 12 heteroatoms. The molecule has 0 spiro atoms. The molecule has 5 rings (SSSR count). The number of amides is 1. The molecule has 3 heterocycles. The number of aryl methyl sites for hydroxylation is 1. The number of aromatic amines is 1. The first-order valence-corrected chi connectivity index (χ1v) is 11.4. The zero-order valence-corrected chi connectivity index (χ0v) is 19.9. The van der Waals surface area contributed by atoms with Gasteiger partial charge in [0.25, 0.3) is 5.91 Å². The Bertz CT molecular complexity index is 1360. The number of methoxy groups -OCH3 is 1. The number of nitrogens with zero attached hydrogens (tertiary/aromatic N) is 4. The van der Waals surface area contributed by atoms with E-state index in [-0.39, 0.29) is 18.6 Å². The third kappa shape index (κ3) is 4.86. The van der Waals surface area contributed by atoms with Gasteiger partial charge >= 0.3 is 0 Å². The van der Waals surface area contributed by atoms with Gasteiger partial charge in [-0.1, -0.05) is 11.6 Å². The fourth-order valence-electron chi connectivity index (χ4n) is 3.80. The Hall–Kier alpha value is -3.83. The highest BCUT2D eigenvalue weighted by Crippen LogP contribution is 2.34. The summed E-state index contributed by atoms with van der Waals surface area (Å²) in [5.41, 5.74) is 2.26. The number of anilines is 2. The van der Waals surface area contributed by atoms with Crippen LogP contribution in [0.5, 0.6) is 11.5 Å². The number of H-pyrrole nitrogens is 1. The Morgan fingerprint density at radius 3 is 3.00 bits per heavy atom. The van der Waals surface area contributed by atoms with E-state index in [2.05, 4.69) is 30.9 Å². The Kier molecular flexibility index (Phi) is 6.43. The van der Waals surface area contributed by atoms with E-state index in [4.69, 9.17) is 25.8 Å². The second-order valence-corrected chi connectivity index (χ2v) is 8.43. The number of nitrogens with one attached hydrogen (secondary N) is 3. The smallest absolute Gasteiger partial charge is 0.258 e. The number of halogens is 1. The normalized spacial score (nSPS) is 15.3. The van der Waals surface area contributed by atoms with E-state index in [0.29, 0.717) is 47.2 Å². The summed E-state index contributed by atoms with van der Waals surface area (Å²) in [5.74, 6) is 1.70. The Balaban J connectivity index is 1.30. The Morgan fingerprint density at radius 1 is 1.31 bits per heavy atom. The second-order valence-electron chi connectivity index (χ2n) is 8.05. The first-order chi connectivity index (χ1) is 17.0. The number of hydrogen-bond donors (Lipinski definition) is 3. The minimum atomic E-state index is -0.207. The van der Waals surface area contributed by atoms with Crippen molar-refractivity contribution in [1.82, 2.24) is 30.3 Å². The lowest BCUT2D eigenvalue weighted by molar-refractivity contribution is -0.123. The summed E-state index contributed by atoms with van der Waals surface area (Å²) in [6.07, 6.45) is 2.48. The monoisotopic (exact) mass is 497 g/mol. The first kappa shape index (κ1) is 22.9. The molecular formula is C23H24ClN7O4. The summed E-state index contributed by atoms with van der Waals surface area (Å²) in [4.78, 5) is 16.8. The maximum absolute atomic E-state index is 12.2. The maximum Gasteiger partial charge on any atom is 0.258 e. The molecule has 2 aromatic carbocycles. The SMILES string of the molecule is COc1cc(-c2nc(Nc3ccc4[nH]ncc4c3Cl)n(C)n2)ccc1OCC(=O)N[C@@H]1CCOC1. The molecule has 4 aromatic rings. The van der Waals surface area contributed by atoms with Crippen molar-refractivity contribution in [2.45, 2.75) is 12.5 Å². The second kappa shape index (κ2) is 9.80. The number of carbonyl (C=O) groups is 1. The van der Waals surface area contributed by atoms with Gasteiger partial charge in [0, 0.05) is 24.6 Å². The average Bonchev–Trinajstić information content (AvgIpc) is 3.62. The van der Waals surface area contributed by atoms with Crippen LogP contribution in [0, 0.1) is 0 Å². The lowest BCUT2D eigenvalue weighted by atomic mass is 10.2. The maximum atomic E-state index is 12.2. The largest absolute Gasteiger partial charge is 0.493 e. The predicted molar refractivity (Wildman–Crippen MR) is 130 cm³/mol. The van der Waals surface area contributed by atoms with Crippen LogP contribution < -0.4 is 20.1 Å². The molecule has 1 aliphatic rings. The first-order valence-electron chi connectivity index (χ1n) is 11.0. The fraction of sp³-hybridized carbons (Fsp3) is 0.304. The summed E-state index contributed by atoms with van der Waals surface area (Å²) < 4.78 is 18.1. The van der Waals surface area contributed by atoms with Gasteiger partial charge in [0.2, 0.25) is 5.95 Å². The predicted octanol–water partition coefficient (Wildman–Crippen LogP) is 3.05. The molecule has 0 bridgehead atoms. The molecule has 0 radical (unpaired) electrons. The van der Waals surface area contributed by atoms with Crippen molar-refractivity contribution in [3.63, 3.8) is 0 Å². The van der Waals surface area contributed by atoms with Gasteiger partial charge in [0.15, 0.2) is 23.9 Å². The summed E-state index contributed by atoms with van der Waals surface area (Å²) >= 11 is 6.52. The molecule has 1 saturated heterocycles. The van der Waals surface area contributed by atoms with Crippen LogP contribution in [0.3, 0.4) is 0 Å². The molecule has 1 atom stereocenters. The quantitative estimate of drug-likeness (QED) is 0.339. The number of rotatable bonds is 8. The van der Waals surface area contributed by atoms with Crippen molar-refractivity contribution in [3.05, 3.63) is 41.6 Å². The number of aromatic nitrogens is 5. The van der Waals surface area contributed by atoms with E-state index in [1.54, 1.807) is 30.1 Å². The lowest BCUT2D eigenvalue weighted by Gasteiger charge is -2.13. The molecule has 0 saturated carbocycles. The van der Waals surface area contributed by atoms with E-state index in [1.807, 2.05) is 18.2 Å². The van der Waals surface area contributed by atoms with Crippen LogP contribution >= 0.6 is 11.6 Å². The van der Waals surface area contributed by atoms with Crippen molar-refractivity contribution in [3.8, 4) is 22.9 Å². The number of ether oxygens (including phenoxy) is 3. The Morgan fingerprint density at radius 2 is 2.20 bits per heavy atom. The number of fused-ring (bicyclic) bond motifs is 1. The van der Waals surface area contributed by atoms with Crippen LogP contribution in [0.15, 0.2) is 36.5 Å². The van der Waals surface area contributed by atoms with Crippen LogP contribution in [0.2, 0.25) is 5.02 Å². The van der Waals surface area contributed by atoms with Gasteiger partial charge in [-0.3, -0.25) is 9.89 Å². The fourth-order valence-corrected chi connectivity index (χ4v) is 4.06. The van der Waals surface area contributed by atoms with E-state index in [0.717, 1.165) is 22.9 Å². The number of hydrogen-bond acceptors (Lipinski definition) is 8. The molecule has 0 aliphatic carbocycles. The third-order valence-electron chi connectivity index (χ3n) is 5.64. The minimum absolute atomic E-state index is 0.0323. The molecule has 1 amide bonds. The van der Waals surface area contributed by atoms with Gasteiger partial charge in [0.05, 0.1) is 42.2 Å². The van der Waals surface area contributed by atoms with Gasteiger partial charge in [-0.25, -0.2) is 4.68 Å². The molecule has 35 heavy (non-hydrogen) atoms. The molecule has 1 aliphatic heterocycles. The number of carbonyl (C=O) groups excluding carboxylic acids is 1. The zero-order valence-electron chi connectivity index (χ0n) is 19.2. The van der Waals surface area contributed by atoms with Crippen LogP contribution in [0.4, 0.5) is 11.6 Å². The highest BCUT2D eigenvalue weighted by Gasteiger charge is 2.19. The third-order valence-corrected chi connectivity index (χ3v) is 6.05. The molecule has 3 N–H and O–H groups in total. The van der Waals surface area contributed by atoms with Gasteiger partial charge < -0.3 is 24.8 Å². The van der Waals surface area contributed by atoms with Gasteiger partial charge in [-0.05, 0) is 36.8 Å². The topological polar surface area (TPSA) is 128 Å². The van der Waals surface area contributed by atoms with E-state index in [1.165, 1.54) is 7.11 Å². The average molecular weight is 498 g/mol. The van der Waals surface area contributed by atoms with Crippen molar-refractivity contribution >= 4 is 40.0 Å². The van der Waals surface area contributed by atoms with E-state index < -0.39 is 0 Å². The molecule has 182 valence electrons. The van der Waals surface area contributed by atoms with E-state index in [9.17, 15) is 4.79 Å². The molecule has 1 fully saturated rings. The zero-order chi connectivity index (χ0) is 24.4. The van der Waals surface area contributed by atoms with Crippen LogP contribution in [0.25, 0.3) is 22.3 Å². The van der Waals surface area contributed by atoms with Crippen molar-refractivity contribution < 1.29 is 19.0 Å². The summed E-state index contributed by atoms with van der Waals surface area (Å²) in [6, 6.07) is 9.07. The summed E-state index contributed by atoms with van der Waals surface area (Å²) in [5, 5.41) is 18.9.